The van der Waals surface area contributed by atoms with Crippen LogP contribution < -0.4 is 20.9 Å². The van der Waals surface area contributed by atoms with Gasteiger partial charge in [-0.1, -0.05) is 12.1 Å². The lowest BCUT2D eigenvalue weighted by Gasteiger charge is -2.29. The van der Waals surface area contributed by atoms with Crippen LogP contribution in [0.3, 0.4) is 0 Å². The van der Waals surface area contributed by atoms with Gasteiger partial charge in [0, 0.05) is 31.8 Å². The molecule has 186 valence electrons. The Labute approximate surface area is 205 Å². The summed E-state index contributed by atoms with van der Waals surface area (Å²) in [5, 5.41) is 25.0. The van der Waals surface area contributed by atoms with Crippen molar-refractivity contribution >= 4 is 22.8 Å². The third-order valence-corrected chi connectivity index (χ3v) is 5.94. The van der Waals surface area contributed by atoms with Crippen LogP contribution in [0, 0.1) is 22.6 Å². The fourth-order valence-electron chi connectivity index (χ4n) is 3.93. The maximum Gasteiger partial charge on any atom is 0.268 e. The van der Waals surface area contributed by atoms with Gasteiger partial charge in [0.05, 0.1) is 18.0 Å². The molecule has 2 amide bonds. The van der Waals surface area contributed by atoms with E-state index in [4.69, 9.17) is 4.74 Å². The minimum Gasteiger partial charge on any atom is -0.505 e. The Morgan fingerprint density at radius 2 is 2.03 bits per heavy atom. The molecule has 2 aromatic heterocycles. The van der Waals surface area contributed by atoms with Gasteiger partial charge in [-0.2, -0.15) is 5.26 Å². The van der Waals surface area contributed by atoms with Crippen LogP contribution in [0.2, 0.25) is 0 Å². The number of hydrogen-bond donors (Lipinski definition) is 3. The molecule has 1 aliphatic heterocycles. The van der Waals surface area contributed by atoms with Crippen molar-refractivity contribution in [2.75, 3.05) is 13.6 Å². The molecule has 0 fully saturated rings. The summed E-state index contributed by atoms with van der Waals surface area (Å²) in [6, 6.07) is 7.88. The summed E-state index contributed by atoms with van der Waals surface area (Å²) < 4.78 is 20.6. The van der Waals surface area contributed by atoms with E-state index in [0.29, 0.717) is 5.56 Å². The molecule has 1 aliphatic rings. The summed E-state index contributed by atoms with van der Waals surface area (Å²) in [5.74, 6) is -2.20. The van der Waals surface area contributed by atoms with E-state index in [2.05, 4.69) is 21.7 Å². The van der Waals surface area contributed by atoms with E-state index in [9.17, 15) is 29.1 Å². The van der Waals surface area contributed by atoms with Gasteiger partial charge in [-0.05, 0) is 31.5 Å². The number of nitrogens with one attached hydrogen (secondary N) is 2. The molecule has 0 aliphatic carbocycles. The zero-order valence-corrected chi connectivity index (χ0v) is 19.9. The number of aromatic nitrogens is 2. The quantitative estimate of drug-likeness (QED) is 0.473. The summed E-state index contributed by atoms with van der Waals surface area (Å²) in [6.07, 6.45) is 0.493. The molecular formula is C25H24FN5O5. The summed E-state index contributed by atoms with van der Waals surface area (Å²) in [5.41, 5.74) is -0.804. The molecule has 0 bridgehead atoms. The molecule has 0 spiro atoms. The van der Waals surface area contributed by atoms with Gasteiger partial charge < -0.3 is 20.5 Å². The fraction of sp³-hybridized carbons (Fsp3) is 0.320. The molecule has 0 saturated carbocycles. The van der Waals surface area contributed by atoms with Crippen molar-refractivity contribution in [1.82, 2.24) is 20.2 Å². The van der Waals surface area contributed by atoms with Crippen molar-refractivity contribution in [3.8, 4) is 17.6 Å². The monoisotopic (exact) mass is 493 g/mol. The number of carbonyl (C=O) groups is 2. The van der Waals surface area contributed by atoms with E-state index in [-0.39, 0.29) is 36.3 Å². The lowest BCUT2D eigenvalue weighted by atomic mass is 9.96. The number of nitriles is 1. The maximum atomic E-state index is 13.4. The number of hydrogen-bond acceptors (Lipinski definition) is 7. The molecule has 1 aromatic carbocycles. The second kappa shape index (κ2) is 9.30. The molecule has 4 rings (SSSR count). The van der Waals surface area contributed by atoms with Gasteiger partial charge in [0.1, 0.15) is 22.4 Å². The predicted molar refractivity (Wildman–Crippen MR) is 127 cm³/mol. The third-order valence-electron chi connectivity index (χ3n) is 5.94. The molecule has 1 unspecified atom stereocenters. The third kappa shape index (κ3) is 4.45. The standard InChI is InChI=1S/C25H24FN5O5/c1-25(2,11-27)12-30-22(33)16-10-31-19-18(20(32)17(24(31)35)23(34)28-3)29-9-14(21(19)36-16)8-13-4-6-15(26)7-5-13/h4-7,9,16,32H,8,10,12H2,1-3H3,(H,28,34)(H,30,33). The fourth-order valence-corrected chi connectivity index (χ4v) is 3.93. The number of aromatic hydroxyl groups is 1. The Balaban J connectivity index is 1.85. The van der Waals surface area contributed by atoms with Crippen molar-refractivity contribution < 1.29 is 23.8 Å². The highest BCUT2D eigenvalue weighted by molar-refractivity contribution is 6.02. The minimum absolute atomic E-state index is 0.0319. The first kappa shape index (κ1) is 24.7. The largest absolute Gasteiger partial charge is 0.505 e. The van der Waals surface area contributed by atoms with Crippen LogP contribution in [0.1, 0.15) is 35.3 Å². The van der Waals surface area contributed by atoms with Crippen LogP contribution >= 0.6 is 0 Å². The van der Waals surface area contributed by atoms with E-state index in [1.165, 1.54) is 29.9 Å². The van der Waals surface area contributed by atoms with Crippen LogP contribution in [0.4, 0.5) is 4.39 Å². The van der Waals surface area contributed by atoms with Gasteiger partial charge in [0.2, 0.25) is 0 Å². The molecule has 3 aromatic rings. The Morgan fingerprint density at radius 1 is 1.33 bits per heavy atom. The summed E-state index contributed by atoms with van der Waals surface area (Å²) in [4.78, 5) is 43.0. The number of amides is 2. The summed E-state index contributed by atoms with van der Waals surface area (Å²) >= 11 is 0. The van der Waals surface area contributed by atoms with Gasteiger partial charge in [0.25, 0.3) is 17.4 Å². The average molecular weight is 493 g/mol. The number of halogens is 1. The number of ether oxygens (including phenoxy) is 1. The molecule has 3 N–H and O–H groups in total. The van der Waals surface area contributed by atoms with E-state index in [1.807, 2.05) is 0 Å². The van der Waals surface area contributed by atoms with E-state index < -0.39 is 46.0 Å². The number of nitrogens with zero attached hydrogens (tertiary/aromatic N) is 3. The molecule has 1 atom stereocenters. The second-order valence-electron chi connectivity index (χ2n) is 9.15. The van der Waals surface area contributed by atoms with E-state index >= 15 is 0 Å². The van der Waals surface area contributed by atoms with Crippen molar-refractivity contribution in [2.45, 2.75) is 32.9 Å². The first-order valence-corrected chi connectivity index (χ1v) is 11.2. The smallest absolute Gasteiger partial charge is 0.268 e. The molecule has 3 heterocycles. The first-order chi connectivity index (χ1) is 17.1. The van der Waals surface area contributed by atoms with Crippen molar-refractivity contribution in [2.24, 2.45) is 5.41 Å². The predicted octanol–water partition coefficient (Wildman–Crippen LogP) is 1.62. The van der Waals surface area contributed by atoms with Gasteiger partial charge in [-0.25, -0.2) is 4.39 Å². The first-order valence-electron chi connectivity index (χ1n) is 11.2. The Bertz CT molecular complexity index is 1470. The topological polar surface area (TPSA) is 146 Å². The highest BCUT2D eigenvalue weighted by atomic mass is 19.1. The van der Waals surface area contributed by atoms with Crippen LogP contribution in [0.25, 0.3) is 11.0 Å². The van der Waals surface area contributed by atoms with Gasteiger partial charge in [0.15, 0.2) is 17.6 Å². The van der Waals surface area contributed by atoms with Crippen molar-refractivity contribution in [1.29, 1.82) is 5.26 Å². The molecule has 10 nitrogen and oxygen atoms in total. The number of benzene rings is 1. The van der Waals surface area contributed by atoms with Crippen LogP contribution in [-0.4, -0.2) is 46.2 Å². The molecule has 36 heavy (non-hydrogen) atoms. The highest BCUT2D eigenvalue weighted by Gasteiger charge is 2.34. The highest BCUT2D eigenvalue weighted by Crippen LogP contribution is 2.37. The molecule has 11 heteroatoms. The lowest BCUT2D eigenvalue weighted by molar-refractivity contribution is -0.129. The number of pyridine rings is 2. The Kier molecular flexibility index (Phi) is 6.37. The van der Waals surface area contributed by atoms with E-state index in [0.717, 1.165) is 5.56 Å². The Hall–Kier alpha value is -4.46. The van der Waals surface area contributed by atoms with Crippen LogP contribution in [-0.2, 0) is 17.8 Å². The van der Waals surface area contributed by atoms with Crippen LogP contribution in [0.15, 0.2) is 35.3 Å². The SMILES string of the molecule is CNC(=O)c1c(O)c2ncc(Cc3ccc(F)cc3)c3c2n(c1=O)CC(C(=O)NCC(C)(C)C#N)O3. The number of rotatable bonds is 6. The second-order valence-corrected chi connectivity index (χ2v) is 9.15. The molecule has 0 saturated heterocycles. The number of carbonyl (C=O) groups excluding carboxylic acids is 2. The molecule has 0 radical (unpaired) electrons. The zero-order valence-electron chi connectivity index (χ0n) is 19.9. The molecular weight excluding hydrogens is 469 g/mol. The normalized spacial score (nSPS) is 14.6. The lowest BCUT2D eigenvalue weighted by Crippen LogP contribution is -2.48. The van der Waals surface area contributed by atoms with Gasteiger partial charge >= 0.3 is 0 Å². The minimum atomic E-state index is -1.16. The summed E-state index contributed by atoms with van der Waals surface area (Å²) in [6.45, 7) is 3.14. The van der Waals surface area contributed by atoms with Gasteiger partial charge in [-0.15, -0.1) is 0 Å². The van der Waals surface area contributed by atoms with Crippen molar-refractivity contribution in [3.05, 3.63) is 63.3 Å². The van der Waals surface area contributed by atoms with E-state index in [1.54, 1.807) is 26.0 Å². The maximum absolute atomic E-state index is 13.4. The average Bonchev–Trinajstić information content (AvgIpc) is 2.87. The van der Waals surface area contributed by atoms with Crippen LogP contribution in [0.5, 0.6) is 11.5 Å². The van der Waals surface area contributed by atoms with Crippen molar-refractivity contribution in [3.63, 3.8) is 0 Å². The zero-order chi connectivity index (χ0) is 26.2. The van der Waals surface area contributed by atoms with Gasteiger partial charge in [-0.3, -0.25) is 23.9 Å². The Morgan fingerprint density at radius 3 is 2.67 bits per heavy atom. The summed E-state index contributed by atoms with van der Waals surface area (Å²) in [7, 11) is 1.32.